The number of nitrogens with one attached hydrogen (secondary N) is 2. The number of anilines is 2. The molecule has 2 N–H and O–H groups in total. The minimum atomic E-state index is -3.78. The van der Waals surface area contributed by atoms with E-state index in [0.717, 1.165) is 27.2 Å². The van der Waals surface area contributed by atoms with Gasteiger partial charge in [0.15, 0.2) is 5.13 Å². The van der Waals surface area contributed by atoms with Gasteiger partial charge in [-0.3, -0.25) is 9.59 Å². The van der Waals surface area contributed by atoms with Gasteiger partial charge in [0.05, 0.1) is 21.7 Å². The maximum Gasteiger partial charge on any atom is 0.240 e. The number of rotatable bonds is 9. The van der Waals surface area contributed by atoms with Gasteiger partial charge in [0.2, 0.25) is 21.8 Å². The lowest BCUT2D eigenvalue weighted by Crippen LogP contribution is -2.28. The van der Waals surface area contributed by atoms with Crippen molar-refractivity contribution in [3.63, 3.8) is 0 Å². The van der Waals surface area contributed by atoms with Gasteiger partial charge in [0, 0.05) is 31.6 Å². The maximum absolute atomic E-state index is 12.7. The van der Waals surface area contributed by atoms with Crippen molar-refractivity contribution >= 4 is 54.2 Å². The second kappa shape index (κ2) is 10.1. The number of sulfonamides is 1. The van der Waals surface area contributed by atoms with Crippen LogP contribution in [0.5, 0.6) is 5.75 Å². The molecule has 3 aromatic rings. The first kappa shape index (κ1) is 24.1. The number of amides is 2. The molecule has 0 saturated carbocycles. The first-order chi connectivity index (χ1) is 16.3. The van der Waals surface area contributed by atoms with Crippen LogP contribution in [0.3, 0.4) is 0 Å². The fourth-order valence-corrected chi connectivity index (χ4v) is 5.77. The molecule has 0 spiro atoms. The Morgan fingerprint density at radius 1 is 1.18 bits per heavy atom. The van der Waals surface area contributed by atoms with Crippen LogP contribution in [0.25, 0.3) is 10.2 Å². The number of fused-ring (bicyclic) bond motifs is 2. The van der Waals surface area contributed by atoms with Crippen molar-refractivity contribution in [3.8, 4) is 5.75 Å². The molecule has 2 amide bonds. The van der Waals surface area contributed by atoms with Gasteiger partial charge in [-0.15, -0.1) is 0 Å². The molecule has 9 nitrogen and oxygen atoms in total. The van der Waals surface area contributed by atoms with Gasteiger partial charge in [-0.2, -0.15) is 0 Å². The molecule has 11 heteroatoms. The lowest BCUT2D eigenvalue weighted by atomic mass is 10.2. The average molecular weight is 503 g/mol. The molecule has 180 valence electrons. The zero-order chi connectivity index (χ0) is 24.3. The quantitative estimate of drug-likeness (QED) is 0.464. The summed E-state index contributed by atoms with van der Waals surface area (Å²) in [7, 11) is -3.78. The molecular weight excluding hydrogens is 476 g/mol. The Bertz CT molecular complexity index is 1340. The molecule has 1 aromatic heterocycles. The molecule has 0 unspecified atom stereocenters. The number of hydrogen-bond acceptors (Lipinski definition) is 7. The Kier molecular flexibility index (Phi) is 7.15. The van der Waals surface area contributed by atoms with Crippen LogP contribution in [0.15, 0.2) is 41.3 Å². The zero-order valence-corrected chi connectivity index (χ0v) is 20.6. The maximum atomic E-state index is 12.7. The van der Waals surface area contributed by atoms with E-state index in [1.807, 2.05) is 25.1 Å². The number of carbonyl (C=O) groups excluding carboxylic acids is 2. The highest BCUT2D eigenvalue weighted by atomic mass is 32.2. The molecule has 4 rings (SSSR count). The Balaban J connectivity index is 1.33. The summed E-state index contributed by atoms with van der Waals surface area (Å²) < 4.78 is 34.2. The summed E-state index contributed by atoms with van der Waals surface area (Å²) in [5.41, 5.74) is 2.33. The third kappa shape index (κ3) is 5.21. The molecule has 0 aliphatic carbocycles. The standard InChI is InChI=1S/C23H26N4O5S2/c1-3-22(29)27-12-10-15-13-17(6-8-19(15)27)34(30,31)24-11-9-21(28)26-23-25-18-7-5-16(32-4-2)14-20(18)33-23/h5-8,13-14,24H,3-4,9-12H2,1-2H3,(H,25,26,28). The smallest absolute Gasteiger partial charge is 0.240 e. The largest absolute Gasteiger partial charge is 0.494 e. The van der Waals surface area contributed by atoms with Crippen LogP contribution < -0.4 is 19.7 Å². The van der Waals surface area contributed by atoms with Crippen molar-refractivity contribution in [2.24, 2.45) is 0 Å². The topological polar surface area (TPSA) is 118 Å². The van der Waals surface area contributed by atoms with Gasteiger partial charge >= 0.3 is 0 Å². The Morgan fingerprint density at radius 2 is 2.00 bits per heavy atom. The number of benzene rings is 2. The summed E-state index contributed by atoms with van der Waals surface area (Å²) in [6.07, 6.45) is 0.971. The highest BCUT2D eigenvalue weighted by Crippen LogP contribution is 2.31. The second-order valence-corrected chi connectivity index (χ2v) is 10.5. The highest BCUT2D eigenvalue weighted by molar-refractivity contribution is 7.89. The SMILES string of the molecule is CCOc1ccc2nc(NC(=O)CCNS(=O)(=O)c3ccc4c(c3)CCN4C(=O)CC)sc2c1. The van der Waals surface area contributed by atoms with Gasteiger partial charge < -0.3 is 15.0 Å². The van der Waals surface area contributed by atoms with Gasteiger partial charge in [-0.1, -0.05) is 18.3 Å². The van der Waals surface area contributed by atoms with E-state index in [-0.39, 0.29) is 29.7 Å². The van der Waals surface area contributed by atoms with Crippen molar-refractivity contribution in [1.29, 1.82) is 0 Å². The molecule has 0 atom stereocenters. The number of aromatic nitrogens is 1. The van der Waals surface area contributed by atoms with E-state index in [9.17, 15) is 18.0 Å². The summed E-state index contributed by atoms with van der Waals surface area (Å²) in [5.74, 6) is 0.415. The van der Waals surface area contributed by atoms with Crippen LogP contribution >= 0.6 is 11.3 Å². The molecule has 1 aliphatic rings. The monoisotopic (exact) mass is 502 g/mol. The van der Waals surface area contributed by atoms with E-state index in [0.29, 0.717) is 31.1 Å². The van der Waals surface area contributed by atoms with E-state index >= 15 is 0 Å². The van der Waals surface area contributed by atoms with Crippen LogP contribution in [0.1, 0.15) is 32.3 Å². The summed E-state index contributed by atoms with van der Waals surface area (Å²) in [6, 6.07) is 10.3. The Hall–Kier alpha value is -3.02. The average Bonchev–Trinajstić information content (AvgIpc) is 3.41. The van der Waals surface area contributed by atoms with Crippen LogP contribution in [-0.2, 0) is 26.0 Å². The lowest BCUT2D eigenvalue weighted by molar-refractivity contribution is -0.118. The molecule has 0 fully saturated rings. The molecule has 2 heterocycles. The van der Waals surface area contributed by atoms with Gasteiger partial charge in [0.25, 0.3) is 0 Å². The zero-order valence-electron chi connectivity index (χ0n) is 19.0. The van der Waals surface area contributed by atoms with Gasteiger partial charge in [-0.25, -0.2) is 18.1 Å². The third-order valence-electron chi connectivity index (χ3n) is 5.42. The molecule has 2 aromatic carbocycles. The number of ether oxygens (including phenoxy) is 1. The molecule has 1 aliphatic heterocycles. The first-order valence-corrected chi connectivity index (χ1v) is 13.4. The second-order valence-electron chi connectivity index (χ2n) is 7.72. The van der Waals surface area contributed by atoms with E-state index in [2.05, 4.69) is 15.0 Å². The highest BCUT2D eigenvalue weighted by Gasteiger charge is 2.25. The lowest BCUT2D eigenvalue weighted by Gasteiger charge is -2.16. The first-order valence-electron chi connectivity index (χ1n) is 11.1. The summed E-state index contributed by atoms with van der Waals surface area (Å²) in [4.78, 5) is 30.5. The third-order valence-corrected chi connectivity index (χ3v) is 7.81. The predicted octanol–water partition coefficient (Wildman–Crippen LogP) is 3.30. The molecule has 34 heavy (non-hydrogen) atoms. The summed E-state index contributed by atoms with van der Waals surface area (Å²) in [5, 5.41) is 3.16. The van der Waals surface area contributed by atoms with Gasteiger partial charge in [0.1, 0.15) is 5.75 Å². The van der Waals surface area contributed by atoms with Crippen molar-refractivity contribution < 1.29 is 22.7 Å². The fraction of sp³-hybridized carbons (Fsp3) is 0.348. The van der Waals surface area contributed by atoms with E-state index in [1.54, 1.807) is 24.0 Å². The fourth-order valence-electron chi connectivity index (χ4n) is 3.77. The molecule has 0 saturated heterocycles. The van der Waals surface area contributed by atoms with Crippen LogP contribution in [0.4, 0.5) is 10.8 Å². The van der Waals surface area contributed by atoms with Crippen LogP contribution in [-0.4, -0.2) is 44.9 Å². The minimum absolute atomic E-state index is 0.0151. The van der Waals surface area contributed by atoms with Crippen molar-refractivity contribution in [1.82, 2.24) is 9.71 Å². The summed E-state index contributed by atoms with van der Waals surface area (Å²) >= 11 is 1.33. The Labute approximate surface area is 202 Å². The molecule has 0 radical (unpaired) electrons. The van der Waals surface area contributed by atoms with Crippen LogP contribution in [0, 0.1) is 0 Å². The van der Waals surface area contributed by atoms with Crippen LogP contribution in [0.2, 0.25) is 0 Å². The van der Waals surface area contributed by atoms with Gasteiger partial charge in [-0.05, 0) is 55.3 Å². The van der Waals surface area contributed by atoms with E-state index < -0.39 is 10.0 Å². The van der Waals surface area contributed by atoms with Crippen molar-refractivity contribution in [3.05, 3.63) is 42.0 Å². The molecule has 0 bridgehead atoms. The summed E-state index contributed by atoms with van der Waals surface area (Å²) in [6.45, 7) is 4.77. The number of carbonyl (C=O) groups is 2. The normalized spacial score (nSPS) is 13.2. The van der Waals surface area contributed by atoms with Crippen molar-refractivity contribution in [2.45, 2.75) is 38.0 Å². The Morgan fingerprint density at radius 3 is 2.76 bits per heavy atom. The number of hydrogen-bond donors (Lipinski definition) is 2. The molecular formula is C23H26N4O5S2. The van der Waals surface area contributed by atoms with Crippen molar-refractivity contribution in [2.75, 3.05) is 29.9 Å². The van der Waals surface area contributed by atoms with E-state index in [1.165, 1.54) is 17.4 Å². The minimum Gasteiger partial charge on any atom is -0.494 e. The number of nitrogens with zero attached hydrogens (tertiary/aromatic N) is 2. The predicted molar refractivity (Wildman–Crippen MR) is 132 cm³/mol. The number of thiazole rings is 1. The van der Waals surface area contributed by atoms with E-state index in [4.69, 9.17) is 4.74 Å².